The number of nitrogens with one attached hydrogen (secondary N) is 2. The van der Waals surface area contributed by atoms with E-state index in [0.717, 1.165) is 64.4 Å². The Hall–Kier alpha value is -7.86. The Bertz CT molecular complexity index is 3240. The molecule has 9 heterocycles. The summed E-state index contributed by atoms with van der Waals surface area (Å²) in [6.45, 7) is 2.08. The average Bonchev–Trinajstić information content (AvgIpc) is 4.16. The molecule has 0 radical (unpaired) electrons. The lowest BCUT2D eigenvalue weighted by molar-refractivity contribution is 0.532. The Kier molecular flexibility index (Phi) is 12.5. The SMILES string of the molecule is C.CCC(Cc1ccccc1)c1nnc2cc(-c3ccnc(Nc4ccnn4C)n3)cc(F)n12.Cn1nccc1Nc1nccc(-c2cc3n4c(nnc4c2)C(Cc2ccccc2)CS3)n1. The molecule has 2 atom stereocenters. The molecule has 0 bridgehead atoms. The molecule has 18 heteroatoms. The monoisotopic (exact) mass is 898 g/mol. The van der Waals surface area contributed by atoms with Crippen LogP contribution in [0, 0.1) is 5.95 Å². The van der Waals surface area contributed by atoms with Crippen LogP contribution in [0.3, 0.4) is 0 Å². The van der Waals surface area contributed by atoms with Gasteiger partial charge in [0.1, 0.15) is 23.3 Å². The van der Waals surface area contributed by atoms with Gasteiger partial charge in [-0.2, -0.15) is 14.6 Å². The number of rotatable bonds is 12. The van der Waals surface area contributed by atoms with Crippen molar-refractivity contribution in [1.82, 2.24) is 68.7 Å². The Morgan fingerprint density at radius 1 is 0.667 bits per heavy atom. The van der Waals surface area contributed by atoms with Crippen molar-refractivity contribution in [1.29, 1.82) is 0 Å². The van der Waals surface area contributed by atoms with Gasteiger partial charge in [0.05, 0.1) is 28.8 Å². The summed E-state index contributed by atoms with van der Waals surface area (Å²) in [5.41, 5.74) is 6.82. The lowest BCUT2D eigenvalue weighted by Crippen LogP contribution is -2.15. The van der Waals surface area contributed by atoms with Gasteiger partial charge in [-0.3, -0.25) is 18.2 Å². The predicted molar refractivity (Wildman–Crippen MR) is 254 cm³/mol. The molecule has 11 rings (SSSR count). The molecule has 332 valence electrons. The maximum atomic E-state index is 15.3. The largest absolute Gasteiger partial charge is 0.309 e. The van der Waals surface area contributed by atoms with E-state index in [2.05, 4.69) is 116 Å². The van der Waals surface area contributed by atoms with E-state index in [1.807, 2.05) is 68.3 Å². The van der Waals surface area contributed by atoms with Crippen LogP contribution >= 0.6 is 11.8 Å². The summed E-state index contributed by atoms with van der Waals surface area (Å²) in [6, 6.07) is 35.6. The molecule has 0 spiro atoms. The summed E-state index contributed by atoms with van der Waals surface area (Å²) in [5.74, 6) is 5.10. The number of thioether (sulfide) groups is 1. The Labute approximate surface area is 384 Å². The fraction of sp³-hybridized carbons (Fsp3) is 0.208. The maximum absolute atomic E-state index is 15.3. The molecule has 2 unspecified atom stereocenters. The van der Waals surface area contributed by atoms with Crippen molar-refractivity contribution in [2.45, 2.75) is 50.5 Å². The topological polar surface area (TPSA) is 172 Å². The number of halogens is 1. The summed E-state index contributed by atoms with van der Waals surface area (Å²) in [5, 5.41) is 33.4. The van der Waals surface area contributed by atoms with E-state index >= 15 is 4.39 Å². The third-order valence-electron chi connectivity index (χ3n) is 11.3. The minimum atomic E-state index is -0.422. The molecule has 16 nitrogen and oxygen atoms in total. The molecule has 2 N–H and O–H groups in total. The lowest BCUT2D eigenvalue weighted by atomic mass is 9.96. The average molecular weight is 899 g/mol. The van der Waals surface area contributed by atoms with Gasteiger partial charge in [-0.05, 0) is 60.7 Å². The zero-order valence-electron chi connectivity index (χ0n) is 35.7. The highest BCUT2D eigenvalue weighted by Gasteiger charge is 2.27. The fourth-order valence-corrected chi connectivity index (χ4v) is 9.11. The van der Waals surface area contributed by atoms with E-state index in [4.69, 9.17) is 4.98 Å². The van der Waals surface area contributed by atoms with Crippen LogP contribution in [0.25, 0.3) is 33.8 Å². The first-order valence-electron chi connectivity index (χ1n) is 21.2. The van der Waals surface area contributed by atoms with Crippen molar-refractivity contribution >= 4 is 46.6 Å². The Morgan fingerprint density at radius 2 is 1.24 bits per heavy atom. The van der Waals surface area contributed by atoms with E-state index in [-0.39, 0.29) is 13.3 Å². The molecule has 1 aliphatic rings. The second-order valence-corrected chi connectivity index (χ2v) is 16.6. The third-order valence-corrected chi connectivity index (χ3v) is 12.5. The molecule has 66 heavy (non-hydrogen) atoms. The summed E-state index contributed by atoms with van der Waals surface area (Å²) in [4.78, 5) is 17.8. The molecule has 0 aliphatic carbocycles. The van der Waals surface area contributed by atoms with Gasteiger partial charge in [-0.1, -0.05) is 75.0 Å². The molecule has 0 fully saturated rings. The normalized spacial score (nSPS) is 13.5. The molecular formula is C48H47FN16S. The number of anilines is 4. The molecular weight excluding hydrogens is 852 g/mol. The number of aryl methyl sites for hydroxylation is 2. The quantitative estimate of drug-likeness (QED) is 0.111. The first-order chi connectivity index (χ1) is 31.9. The van der Waals surface area contributed by atoms with Crippen molar-refractivity contribution in [3.8, 4) is 22.5 Å². The first-order valence-corrected chi connectivity index (χ1v) is 22.2. The van der Waals surface area contributed by atoms with Crippen molar-refractivity contribution in [2.24, 2.45) is 14.1 Å². The van der Waals surface area contributed by atoms with Crippen LogP contribution in [0.2, 0.25) is 0 Å². The van der Waals surface area contributed by atoms with Crippen LogP contribution in [0.4, 0.5) is 27.9 Å². The molecule has 0 saturated heterocycles. The van der Waals surface area contributed by atoms with Gasteiger partial charge in [0, 0.05) is 73.4 Å². The van der Waals surface area contributed by atoms with Crippen molar-refractivity contribution in [2.75, 3.05) is 16.4 Å². The number of pyridine rings is 2. The van der Waals surface area contributed by atoms with Gasteiger partial charge in [0.25, 0.3) is 0 Å². The highest BCUT2D eigenvalue weighted by Crippen LogP contribution is 2.37. The van der Waals surface area contributed by atoms with Gasteiger partial charge < -0.3 is 10.6 Å². The summed E-state index contributed by atoms with van der Waals surface area (Å²) in [6.07, 6.45) is 9.36. The molecule has 10 aromatic rings. The van der Waals surface area contributed by atoms with Crippen LogP contribution in [0.5, 0.6) is 0 Å². The second kappa shape index (κ2) is 19.1. The summed E-state index contributed by atoms with van der Waals surface area (Å²) in [7, 11) is 3.69. The Balaban J connectivity index is 0.000000163. The standard InChI is InChI=1S/C24H23FN8.C23H20N8S.CH4/c1-3-17(13-16-7-5-4-6-8-16)23-31-30-22-15-18(14-20(25)33(22)23)19-9-11-26-24(28-19)29-21-10-12-27-32(21)2;1-30-19(8-10-25-30)27-23-24-9-7-18(26-23)16-12-20-28-29-22-17(11-15-5-3-2-4-6-15)14-32-21(13-16)31(20)22;/h4-12,14-15,17H,3,13H2,1-2H3,(H,26,28,29);2-10,12-13,17H,11,14H2,1H3,(H,24,26,27);1H4. The lowest BCUT2D eigenvalue weighted by Gasteiger charge is -2.22. The van der Waals surface area contributed by atoms with Crippen molar-refractivity contribution < 1.29 is 4.39 Å². The number of fused-ring (bicyclic) bond motifs is 1. The number of hydrogen-bond acceptors (Lipinski definition) is 13. The minimum absolute atomic E-state index is 0. The second-order valence-electron chi connectivity index (χ2n) is 15.6. The molecule has 0 amide bonds. The Morgan fingerprint density at radius 3 is 1.83 bits per heavy atom. The van der Waals surface area contributed by atoms with Crippen LogP contribution in [-0.4, -0.2) is 74.4 Å². The van der Waals surface area contributed by atoms with E-state index in [0.29, 0.717) is 40.5 Å². The fourth-order valence-electron chi connectivity index (χ4n) is 7.94. The zero-order valence-corrected chi connectivity index (χ0v) is 36.5. The van der Waals surface area contributed by atoms with Gasteiger partial charge >= 0.3 is 0 Å². The zero-order chi connectivity index (χ0) is 44.3. The number of benzene rings is 2. The van der Waals surface area contributed by atoms with Gasteiger partial charge in [0.2, 0.25) is 17.8 Å². The molecule has 2 aromatic carbocycles. The highest BCUT2D eigenvalue weighted by atomic mass is 32.2. The van der Waals surface area contributed by atoms with Crippen LogP contribution < -0.4 is 10.6 Å². The van der Waals surface area contributed by atoms with E-state index < -0.39 is 5.95 Å². The van der Waals surface area contributed by atoms with E-state index in [1.54, 1.807) is 46.3 Å². The number of hydrogen-bond donors (Lipinski definition) is 2. The van der Waals surface area contributed by atoms with E-state index in [1.165, 1.54) is 21.6 Å². The first kappa shape index (κ1) is 43.4. The van der Waals surface area contributed by atoms with Gasteiger partial charge in [0.15, 0.2) is 11.3 Å². The summed E-state index contributed by atoms with van der Waals surface area (Å²) >= 11 is 1.84. The van der Waals surface area contributed by atoms with Gasteiger partial charge in [-0.25, -0.2) is 19.9 Å². The third kappa shape index (κ3) is 9.08. The molecule has 8 aromatic heterocycles. The van der Waals surface area contributed by atoms with E-state index in [9.17, 15) is 0 Å². The van der Waals surface area contributed by atoms with Crippen LogP contribution in [0.1, 0.15) is 55.4 Å². The number of aromatic nitrogens is 14. The van der Waals surface area contributed by atoms with Crippen molar-refractivity contribution in [3.05, 3.63) is 163 Å². The summed E-state index contributed by atoms with van der Waals surface area (Å²) < 4.78 is 22.4. The smallest absolute Gasteiger partial charge is 0.228 e. The van der Waals surface area contributed by atoms with Crippen molar-refractivity contribution in [3.63, 3.8) is 0 Å². The predicted octanol–water partition coefficient (Wildman–Crippen LogP) is 9.27. The maximum Gasteiger partial charge on any atom is 0.228 e. The molecule has 0 saturated carbocycles. The number of nitrogens with zero attached hydrogens (tertiary/aromatic N) is 14. The highest BCUT2D eigenvalue weighted by molar-refractivity contribution is 7.99. The van der Waals surface area contributed by atoms with Crippen LogP contribution in [0.15, 0.2) is 139 Å². The van der Waals surface area contributed by atoms with Crippen LogP contribution in [-0.2, 0) is 26.9 Å². The molecule has 1 aliphatic heterocycles. The minimum Gasteiger partial charge on any atom is -0.309 e. The van der Waals surface area contributed by atoms with Gasteiger partial charge in [-0.15, -0.1) is 32.2 Å².